The zero-order valence-corrected chi connectivity index (χ0v) is 18.8. The van der Waals surface area contributed by atoms with Crippen molar-refractivity contribution in [2.24, 2.45) is 16.8 Å². The maximum atomic E-state index is 14.0. The molecule has 5 rings (SSSR count). The van der Waals surface area contributed by atoms with E-state index in [0.717, 1.165) is 12.7 Å². The number of hydrogen-bond donors (Lipinski definition) is 1. The Bertz CT molecular complexity index is 1040. The van der Waals surface area contributed by atoms with E-state index in [-0.39, 0.29) is 29.7 Å². The first-order chi connectivity index (χ1) is 15.8. The number of aliphatic imine (C=N–C) groups is 1. The molecule has 4 aliphatic rings. The van der Waals surface area contributed by atoms with Crippen molar-refractivity contribution < 1.29 is 27.8 Å². The van der Waals surface area contributed by atoms with Crippen molar-refractivity contribution in [2.75, 3.05) is 19.7 Å². The van der Waals surface area contributed by atoms with E-state index < -0.39 is 23.6 Å². The van der Waals surface area contributed by atoms with Gasteiger partial charge in [0.2, 0.25) is 0 Å². The zero-order valence-electron chi connectivity index (χ0n) is 18.0. The number of rotatable bonds is 5. The Morgan fingerprint density at radius 2 is 2.00 bits per heavy atom. The van der Waals surface area contributed by atoms with E-state index in [2.05, 4.69) is 4.99 Å². The molecule has 1 N–H and O–H groups in total. The highest BCUT2D eigenvalue weighted by Gasteiger charge is 2.45. The number of halogens is 3. The lowest BCUT2D eigenvalue weighted by atomic mass is 9.94. The number of thiophene rings is 1. The number of ether oxygens (including phenoxy) is 1. The van der Waals surface area contributed by atoms with Crippen molar-refractivity contribution in [1.82, 2.24) is 4.90 Å². The fraction of sp³-hybridized carbons (Fsp3) is 0.500. The summed E-state index contributed by atoms with van der Waals surface area (Å²) in [6.45, 7) is 1.63. The van der Waals surface area contributed by atoms with E-state index in [0.29, 0.717) is 43.0 Å². The molecule has 2 fully saturated rings. The van der Waals surface area contributed by atoms with Crippen molar-refractivity contribution in [3.63, 3.8) is 0 Å². The molecule has 0 aromatic carbocycles. The third-order valence-corrected chi connectivity index (χ3v) is 7.32. The van der Waals surface area contributed by atoms with Gasteiger partial charge in [-0.25, -0.2) is 4.99 Å². The van der Waals surface area contributed by atoms with Crippen LogP contribution in [0.5, 0.6) is 0 Å². The lowest BCUT2D eigenvalue weighted by molar-refractivity contribution is -0.130. The highest BCUT2D eigenvalue weighted by Crippen LogP contribution is 2.41. The maximum Gasteiger partial charge on any atom is 0.418 e. The number of alkyl halides is 3. The molecule has 2 aliphatic carbocycles. The minimum Gasteiger partial charge on any atom is -0.509 e. The molecule has 1 saturated heterocycles. The van der Waals surface area contributed by atoms with Crippen molar-refractivity contribution in [1.29, 1.82) is 0 Å². The van der Waals surface area contributed by atoms with Gasteiger partial charge in [-0.1, -0.05) is 6.08 Å². The first-order valence-electron chi connectivity index (χ1n) is 11.3. The van der Waals surface area contributed by atoms with Crippen LogP contribution in [0.25, 0.3) is 5.57 Å². The van der Waals surface area contributed by atoms with Crippen LogP contribution in [0.3, 0.4) is 0 Å². The average Bonchev–Trinajstić information content (AvgIpc) is 3.42. The van der Waals surface area contributed by atoms with Crippen molar-refractivity contribution in [3.8, 4) is 0 Å². The van der Waals surface area contributed by atoms with Gasteiger partial charge >= 0.3 is 6.18 Å². The van der Waals surface area contributed by atoms with E-state index in [4.69, 9.17) is 4.74 Å². The smallest absolute Gasteiger partial charge is 0.418 e. The van der Waals surface area contributed by atoms with Crippen molar-refractivity contribution in [2.45, 2.75) is 44.4 Å². The third kappa shape index (κ3) is 4.66. The Morgan fingerprint density at radius 1 is 1.24 bits per heavy atom. The summed E-state index contributed by atoms with van der Waals surface area (Å²) in [5.74, 6) is -1.21. The molecule has 33 heavy (non-hydrogen) atoms. The molecule has 1 aromatic heterocycles. The molecule has 3 heterocycles. The number of fused-ring (bicyclic) bond motifs is 1. The molecule has 1 aromatic rings. The van der Waals surface area contributed by atoms with Crippen LogP contribution in [0.4, 0.5) is 13.2 Å². The summed E-state index contributed by atoms with van der Waals surface area (Å²) in [5, 5.41) is 14.4. The molecule has 5 nitrogen and oxygen atoms in total. The van der Waals surface area contributed by atoms with Gasteiger partial charge in [-0.15, -0.1) is 0 Å². The van der Waals surface area contributed by atoms with Gasteiger partial charge in [0.15, 0.2) is 5.70 Å². The Morgan fingerprint density at radius 3 is 2.64 bits per heavy atom. The first-order valence-corrected chi connectivity index (χ1v) is 12.2. The SMILES string of the molecule is O=C(C1=C(O)C2CC=C(c3ccsc3)C=C(C(F)(F)F)C2=N1)N1CCC(OCC2CC2)CC1. The summed E-state index contributed by atoms with van der Waals surface area (Å²) in [6, 6.07) is 1.76. The second-order valence-corrected chi connectivity index (χ2v) is 9.79. The van der Waals surface area contributed by atoms with Crippen LogP contribution in [0.15, 0.2) is 51.0 Å². The molecular weight excluding hydrogens is 453 g/mol. The third-order valence-electron chi connectivity index (χ3n) is 6.64. The van der Waals surface area contributed by atoms with Gasteiger partial charge < -0.3 is 14.7 Å². The van der Waals surface area contributed by atoms with Gasteiger partial charge in [0.1, 0.15) is 5.76 Å². The summed E-state index contributed by atoms with van der Waals surface area (Å²) in [4.78, 5) is 18.7. The number of likely N-dealkylation sites (tertiary alicyclic amines) is 1. The minimum absolute atomic E-state index is 0.0960. The number of carbonyl (C=O) groups excluding carboxylic acids is 1. The van der Waals surface area contributed by atoms with Gasteiger partial charge in [0, 0.05) is 19.7 Å². The largest absolute Gasteiger partial charge is 0.509 e. The van der Waals surface area contributed by atoms with E-state index >= 15 is 0 Å². The number of aliphatic hydroxyl groups is 1. The predicted octanol–water partition coefficient (Wildman–Crippen LogP) is 5.28. The normalized spacial score (nSPS) is 24.3. The Hall–Kier alpha value is -2.39. The van der Waals surface area contributed by atoms with Crippen LogP contribution in [0.1, 0.15) is 37.7 Å². The molecule has 1 amide bonds. The molecular formula is C24H25F3N2O3S. The van der Waals surface area contributed by atoms with Crippen LogP contribution in [-0.4, -0.2) is 53.6 Å². The van der Waals surface area contributed by atoms with Crippen molar-refractivity contribution >= 4 is 28.5 Å². The van der Waals surface area contributed by atoms with Crippen LogP contribution >= 0.6 is 11.3 Å². The number of nitrogens with zero attached hydrogens (tertiary/aromatic N) is 2. The van der Waals surface area contributed by atoms with Crippen LogP contribution in [0.2, 0.25) is 0 Å². The fourth-order valence-corrected chi connectivity index (χ4v) is 5.17. The highest BCUT2D eigenvalue weighted by atomic mass is 32.1. The number of amides is 1. The second-order valence-electron chi connectivity index (χ2n) is 9.01. The molecule has 1 saturated carbocycles. The van der Waals surface area contributed by atoms with Gasteiger partial charge in [0.05, 0.1) is 23.3 Å². The Labute approximate surface area is 193 Å². The fourth-order valence-electron chi connectivity index (χ4n) is 4.50. The summed E-state index contributed by atoms with van der Waals surface area (Å²) in [5.41, 5.74) is -0.338. The average molecular weight is 479 g/mol. The Balaban J connectivity index is 1.34. The number of hydrogen-bond acceptors (Lipinski definition) is 5. The van der Waals surface area contributed by atoms with Gasteiger partial charge in [-0.05, 0) is 72.1 Å². The summed E-state index contributed by atoms with van der Waals surface area (Å²) >= 11 is 1.40. The van der Waals surface area contributed by atoms with Gasteiger partial charge in [-0.2, -0.15) is 24.5 Å². The molecule has 0 bridgehead atoms. The number of allylic oxidation sites excluding steroid dienone is 5. The highest BCUT2D eigenvalue weighted by molar-refractivity contribution is 7.08. The number of carbonyl (C=O) groups is 1. The summed E-state index contributed by atoms with van der Waals surface area (Å²) in [6.07, 6.45) is 2.09. The quantitative estimate of drug-likeness (QED) is 0.626. The van der Waals surface area contributed by atoms with Crippen LogP contribution < -0.4 is 0 Å². The predicted molar refractivity (Wildman–Crippen MR) is 120 cm³/mol. The summed E-state index contributed by atoms with van der Waals surface area (Å²) in [7, 11) is 0. The molecule has 2 aliphatic heterocycles. The molecule has 1 atom stereocenters. The lowest BCUT2D eigenvalue weighted by Crippen LogP contribution is -2.41. The molecule has 1 unspecified atom stereocenters. The standard InChI is InChI=1S/C24H25F3N2O3S/c25-24(26,27)19-11-15(16-7-10-33-13-16)3-4-18-20(19)28-21(22(18)30)23(31)29-8-5-17(6-9-29)32-12-14-1-2-14/h3,7,10-11,13-14,17-18,30H,1-2,4-6,8-9,12H2. The second kappa shape index (κ2) is 8.76. The molecule has 0 spiro atoms. The van der Waals surface area contributed by atoms with E-state index in [1.807, 2.05) is 0 Å². The topological polar surface area (TPSA) is 62.1 Å². The number of aliphatic hydroxyl groups excluding tert-OH is 1. The van der Waals surface area contributed by atoms with Crippen LogP contribution in [-0.2, 0) is 9.53 Å². The zero-order chi connectivity index (χ0) is 23.2. The van der Waals surface area contributed by atoms with Crippen molar-refractivity contribution in [3.05, 3.63) is 51.6 Å². The van der Waals surface area contributed by atoms with E-state index in [1.54, 1.807) is 27.8 Å². The van der Waals surface area contributed by atoms with E-state index in [9.17, 15) is 23.1 Å². The summed E-state index contributed by atoms with van der Waals surface area (Å²) < 4.78 is 47.8. The molecule has 0 radical (unpaired) electrons. The lowest BCUT2D eigenvalue weighted by Gasteiger charge is -2.32. The molecule has 9 heteroatoms. The first kappa shape index (κ1) is 22.4. The monoisotopic (exact) mass is 478 g/mol. The Kier molecular flexibility index (Phi) is 5.95. The minimum atomic E-state index is -4.66. The van der Waals surface area contributed by atoms with Crippen LogP contribution in [0, 0.1) is 11.8 Å². The van der Waals surface area contributed by atoms with Gasteiger partial charge in [0.25, 0.3) is 5.91 Å². The maximum absolute atomic E-state index is 14.0. The molecule has 176 valence electrons. The van der Waals surface area contributed by atoms with E-state index in [1.165, 1.54) is 24.2 Å². The number of piperidine rings is 1. The van der Waals surface area contributed by atoms with Gasteiger partial charge in [-0.3, -0.25) is 4.79 Å².